The van der Waals surface area contributed by atoms with Crippen LogP contribution in [0.15, 0.2) is 60.7 Å². The first-order valence-electron chi connectivity index (χ1n) is 7.51. The summed E-state index contributed by atoms with van der Waals surface area (Å²) in [6.07, 6.45) is 2.15. The Labute approximate surface area is 127 Å². The summed E-state index contributed by atoms with van der Waals surface area (Å²) in [7, 11) is 0. The molecule has 0 aliphatic carbocycles. The second-order valence-corrected chi connectivity index (χ2v) is 5.43. The van der Waals surface area contributed by atoms with Crippen LogP contribution < -0.4 is 5.32 Å². The van der Waals surface area contributed by atoms with Crippen molar-refractivity contribution < 1.29 is 0 Å². The van der Waals surface area contributed by atoms with Crippen molar-refractivity contribution in [3.63, 3.8) is 0 Å². The topological polar surface area (TPSA) is 35.8 Å². The Kier molecular flexibility index (Phi) is 5.99. The van der Waals surface area contributed by atoms with E-state index in [0.717, 1.165) is 18.4 Å². The standard InChI is InChI=1S/C19H22N2/c1-16(12-13-17-8-4-2-5-9-17)21-15-19(14-20)18-10-6-3-7-11-18/h2-11,16,19,21H,12-13,15H2,1H3. The molecule has 0 radical (unpaired) electrons. The number of rotatable bonds is 7. The van der Waals surface area contributed by atoms with Crippen molar-refractivity contribution in [3.05, 3.63) is 71.8 Å². The van der Waals surface area contributed by atoms with Crippen LogP contribution in [-0.4, -0.2) is 12.6 Å². The van der Waals surface area contributed by atoms with Crippen molar-refractivity contribution in [2.24, 2.45) is 0 Å². The van der Waals surface area contributed by atoms with Crippen LogP contribution in [0.5, 0.6) is 0 Å². The summed E-state index contributed by atoms with van der Waals surface area (Å²) in [5.74, 6) is -0.0784. The maximum absolute atomic E-state index is 9.31. The number of nitriles is 1. The molecule has 0 fully saturated rings. The molecule has 0 aromatic heterocycles. The quantitative estimate of drug-likeness (QED) is 0.833. The average Bonchev–Trinajstić information content (AvgIpc) is 2.55. The van der Waals surface area contributed by atoms with E-state index in [1.165, 1.54) is 5.56 Å². The normalized spacial score (nSPS) is 13.3. The summed E-state index contributed by atoms with van der Waals surface area (Å²) in [6, 6.07) is 23.3. The lowest BCUT2D eigenvalue weighted by Gasteiger charge is -2.16. The van der Waals surface area contributed by atoms with Crippen molar-refractivity contribution in [1.82, 2.24) is 5.32 Å². The number of aryl methyl sites for hydroxylation is 1. The minimum atomic E-state index is -0.0784. The van der Waals surface area contributed by atoms with E-state index < -0.39 is 0 Å². The minimum absolute atomic E-state index is 0.0784. The van der Waals surface area contributed by atoms with Crippen LogP contribution in [0.25, 0.3) is 0 Å². The Morgan fingerprint density at radius 1 is 1.00 bits per heavy atom. The molecule has 1 N–H and O–H groups in total. The Morgan fingerprint density at radius 2 is 1.62 bits per heavy atom. The zero-order chi connectivity index (χ0) is 14.9. The number of nitrogens with one attached hydrogen (secondary N) is 1. The van der Waals surface area contributed by atoms with Crippen LogP contribution >= 0.6 is 0 Å². The molecule has 2 atom stereocenters. The highest BCUT2D eigenvalue weighted by Gasteiger charge is 2.11. The highest BCUT2D eigenvalue weighted by Crippen LogP contribution is 2.14. The fourth-order valence-corrected chi connectivity index (χ4v) is 2.37. The van der Waals surface area contributed by atoms with Crippen molar-refractivity contribution >= 4 is 0 Å². The van der Waals surface area contributed by atoms with Gasteiger partial charge in [-0.2, -0.15) is 5.26 Å². The summed E-state index contributed by atoms with van der Waals surface area (Å²) in [5.41, 5.74) is 2.45. The molecule has 0 saturated heterocycles. The summed E-state index contributed by atoms with van der Waals surface area (Å²) in [4.78, 5) is 0. The van der Waals surface area contributed by atoms with Crippen LogP contribution in [0.4, 0.5) is 0 Å². The fourth-order valence-electron chi connectivity index (χ4n) is 2.37. The van der Waals surface area contributed by atoms with Gasteiger partial charge in [0.2, 0.25) is 0 Å². The van der Waals surface area contributed by atoms with E-state index >= 15 is 0 Å². The smallest absolute Gasteiger partial charge is 0.0837 e. The van der Waals surface area contributed by atoms with E-state index in [2.05, 4.69) is 42.6 Å². The SMILES string of the molecule is CC(CCc1ccccc1)NCC(C#N)c1ccccc1. The van der Waals surface area contributed by atoms with Gasteiger partial charge in [-0.15, -0.1) is 0 Å². The third kappa shape index (κ3) is 5.06. The van der Waals surface area contributed by atoms with Gasteiger partial charge in [-0.05, 0) is 30.9 Å². The van der Waals surface area contributed by atoms with Crippen LogP contribution in [0.2, 0.25) is 0 Å². The maximum Gasteiger partial charge on any atom is 0.0837 e. The van der Waals surface area contributed by atoms with Crippen molar-refractivity contribution in [2.45, 2.75) is 31.7 Å². The lowest BCUT2D eigenvalue weighted by atomic mass is 10.00. The van der Waals surface area contributed by atoms with Crippen molar-refractivity contribution in [2.75, 3.05) is 6.54 Å². The van der Waals surface area contributed by atoms with E-state index in [-0.39, 0.29) is 5.92 Å². The number of hydrogen-bond donors (Lipinski definition) is 1. The molecular formula is C19H22N2. The third-order valence-electron chi connectivity index (χ3n) is 3.74. The number of nitrogens with zero attached hydrogens (tertiary/aromatic N) is 1. The van der Waals surface area contributed by atoms with Crippen LogP contribution in [0.1, 0.15) is 30.4 Å². The molecule has 21 heavy (non-hydrogen) atoms. The summed E-state index contributed by atoms with van der Waals surface area (Å²) in [5, 5.41) is 12.8. The lowest BCUT2D eigenvalue weighted by Crippen LogP contribution is -2.30. The number of benzene rings is 2. The molecule has 0 spiro atoms. The minimum Gasteiger partial charge on any atom is -0.313 e. The monoisotopic (exact) mass is 278 g/mol. The van der Waals surface area contributed by atoms with Crippen molar-refractivity contribution in [3.8, 4) is 6.07 Å². The molecule has 2 aromatic rings. The van der Waals surface area contributed by atoms with Gasteiger partial charge in [-0.25, -0.2) is 0 Å². The highest BCUT2D eigenvalue weighted by molar-refractivity contribution is 5.25. The molecule has 0 aliphatic rings. The van der Waals surface area contributed by atoms with Crippen molar-refractivity contribution in [1.29, 1.82) is 5.26 Å². The van der Waals surface area contributed by atoms with Gasteiger partial charge in [-0.1, -0.05) is 60.7 Å². The first-order chi connectivity index (χ1) is 10.3. The molecule has 0 amide bonds. The summed E-state index contributed by atoms with van der Waals surface area (Å²) < 4.78 is 0. The molecule has 2 heteroatoms. The average molecular weight is 278 g/mol. The lowest BCUT2D eigenvalue weighted by molar-refractivity contribution is 0.506. The molecule has 0 saturated carbocycles. The maximum atomic E-state index is 9.31. The van der Waals surface area contributed by atoms with Crippen LogP contribution in [-0.2, 0) is 6.42 Å². The molecule has 108 valence electrons. The fraction of sp³-hybridized carbons (Fsp3) is 0.316. The van der Waals surface area contributed by atoms with Gasteiger partial charge in [0.1, 0.15) is 0 Å². The van der Waals surface area contributed by atoms with E-state index in [1.807, 2.05) is 36.4 Å². The first-order valence-corrected chi connectivity index (χ1v) is 7.51. The third-order valence-corrected chi connectivity index (χ3v) is 3.74. The molecule has 2 aromatic carbocycles. The molecule has 0 heterocycles. The zero-order valence-corrected chi connectivity index (χ0v) is 12.5. The van der Waals surface area contributed by atoms with E-state index in [0.29, 0.717) is 12.6 Å². The Hall–Kier alpha value is -2.11. The van der Waals surface area contributed by atoms with Gasteiger partial charge < -0.3 is 5.32 Å². The van der Waals surface area contributed by atoms with Gasteiger partial charge in [0.05, 0.1) is 12.0 Å². The molecule has 2 nitrogen and oxygen atoms in total. The predicted molar refractivity (Wildman–Crippen MR) is 87.0 cm³/mol. The summed E-state index contributed by atoms with van der Waals surface area (Å²) in [6.45, 7) is 2.89. The van der Waals surface area contributed by atoms with Gasteiger partial charge in [-0.3, -0.25) is 0 Å². The Morgan fingerprint density at radius 3 is 2.24 bits per heavy atom. The van der Waals surface area contributed by atoms with E-state index in [9.17, 15) is 5.26 Å². The van der Waals surface area contributed by atoms with Gasteiger partial charge in [0, 0.05) is 12.6 Å². The summed E-state index contributed by atoms with van der Waals surface area (Å²) >= 11 is 0. The Bertz CT molecular complexity index is 557. The number of hydrogen-bond acceptors (Lipinski definition) is 2. The van der Waals surface area contributed by atoms with Gasteiger partial charge >= 0.3 is 0 Å². The molecule has 0 bridgehead atoms. The second kappa shape index (κ2) is 8.24. The predicted octanol–water partition coefficient (Wildman–Crippen LogP) is 3.90. The van der Waals surface area contributed by atoms with Crippen LogP contribution in [0, 0.1) is 11.3 Å². The Balaban J connectivity index is 1.78. The molecule has 2 rings (SSSR count). The van der Waals surface area contributed by atoms with Crippen LogP contribution in [0.3, 0.4) is 0 Å². The largest absolute Gasteiger partial charge is 0.313 e. The highest BCUT2D eigenvalue weighted by atomic mass is 14.9. The first kappa shape index (κ1) is 15.3. The second-order valence-electron chi connectivity index (χ2n) is 5.43. The van der Waals surface area contributed by atoms with E-state index in [1.54, 1.807) is 0 Å². The van der Waals surface area contributed by atoms with Gasteiger partial charge in [0.25, 0.3) is 0 Å². The molecule has 2 unspecified atom stereocenters. The molecule has 0 aliphatic heterocycles. The molecular weight excluding hydrogens is 256 g/mol. The van der Waals surface area contributed by atoms with Gasteiger partial charge in [0.15, 0.2) is 0 Å². The van der Waals surface area contributed by atoms with E-state index in [4.69, 9.17) is 0 Å². The zero-order valence-electron chi connectivity index (χ0n) is 12.5.